The molecular weight excluding hydrogens is 505 g/mol. The number of amides is 1. The first-order valence-corrected chi connectivity index (χ1v) is 13.5. The van der Waals surface area contributed by atoms with Gasteiger partial charge in [0.05, 0.1) is 24.4 Å². The molecule has 0 aliphatic heterocycles. The van der Waals surface area contributed by atoms with Crippen LogP contribution in [0, 0.1) is 0 Å². The lowest BCUT2D eigenvalue weighted by atomic mass is 10.0. The average Bonchev–Trinajstić information content (AvgIpc) is 3.40. The molecule has 192 valence electrons. The normalized spacial score (nSPS) is 12.0. The molecule has 5 nitrogen and oxygen atoms in total. The van der Waals surface area contributed by atoms with Gasteiger partial charge < -0.3 is 10.3 Å². The van der Waals surface area contributed by atoms with Crippen LogP contribution in [0.5, 0.6) is 0 Å². The Bertz CT molecular complexity index is 1360. The van der Waals surface area contributed by atoms with Crippen LogP contribution in [0.15, 0.2) is 66.9 Å². The van der Waals surface area contributed by atoms with E-state index in [1.165, 1.54) is 5.39 Å². The lowest BCUT2D eigenvalue weighted by Crippen LogP contribution is -2.30. The molecule has 0 bridgehead atoms. The van der Waals surface area contributed by atoms with Crippen LogP contribution in [-0.2, 0) is 16.0 Å². The van der Waals surface area contributed by atoms with Crippen molar-refractivity contribution < 1.29 is 9.59 Å². The monoisotopic (exact) mass is 535 g/mol. The fraction of sp³-hybridized carbons (Fsp3) is 0.300. The van der Waals surface area contributed by atoms with Gasteiger partial charge in [-0.15, -0.1) is 0 Å². The summed E-state index contributed by atoms with van der Waals surface area (Å²) in [6.45, 7) is 1.89. The number of rotatable bonds is 12. The number of carbonyl (C=O) groups is 2. The summed E-state index contributed by atoms with van der Waals surface area (Å²) in [7, 11) is 0. The zero-order chi connectivity index (χ0) is 26.2. The first-order valence-electron chi connectivity index (χ1n) is 12.7. The van der Waals surface area contributed by atoms with Gasteiger partial charge in [-0.2, -0.15) is 0 Å². The van der Waals surface area contributed by atoms with Crippen molar-refractivity contribution in [2.75, 3.05) is 0 Å². The second-order valence-corrected chi connectivity index (χ2v) is 10.0. The van der Waals surface area contributed by atoms with Crippen molar-refractivity contribution in [2.24, 2.45) is 0 Å². The number of aromatic amines is 1. The SMILES string of the molecule is CCC(=O)CCCCC[C@H](NC(=O)Cc1c(Cl)cccc1Cl)c1ncc(-c2ccc3ccccc3c2)[nH]1. The molecule has 0 fully saturated rings. The van der Waals surface area contributed by atoms with Gasteiger partial charge in [0.15, 0.2) is 0 Å². The predicted octanol–water partition coefficient (Wildman–Crippen LogP) is 7.87. The molecule has 4 aromatic rings. The molecule has 0 saturated carbocycles. The third-order valence-corrected chi connectivity index (χ3v) is 7.27. The summed E-state index contributed by atoms with van der Waals surface area (Å²) in [6, 6.07) is 19.4. The Morgan fingerprint density at radius 1 is 0.946 bits per heavy atom. The quantitative estimate of drug-likeness (QED) is 0.181. The lowest BCUT2D eigenvalue weighted by molar-refractivity contribution is -0.121. The Hall–Kier alpha value is -3.15. The standard InChI is InChI=1S/C30H31Cl2N3O2/c1-2-23(36)11-4-3-5-14-27(34-29(37)18-24-25(31)12-8-13-26(24)32)30-33-19-28(35-30)22-16-15-20-9-6-7-10-21(20)17-22/h6-10,12-13,15-17,19,27H,2-5,11,14,18H2,1H3,(H,33,35)(H,34,37)/t27-/m0/s1. The van der Waals surface area contributed by atoms with Gasteiger partial charge in [0.1, 0.15) is 11.6 Å². The summed E-state index contributed by atoms with van der Waals surface area (Å²) in [6.07, 6.45) is 6.39. The first kappa shape index (κ1) is 26.9. The maximum absolute atomic E-state index is 13.0. The Labute approximate surface area is 227 Å². The highest BCUT2D eigenvalue weighted by molar-refractivity contribution is 6.36. The van der Waals surface area contributed by atoms with Gasteiger partial charge in [-0.25, -0.2) is 4.98 Å². The van der Waals surface area contributed by atoms with Crippen molar-refractivity contribution in [1.29, 1.82) is 0 Å². The molecule has 0 aliphatic carbocycles. The number of hydrogen-bond donors (Lipinski definition) is 2. The van der Waals surface area contributed by atoms with Crippen molar-refractivity contribution in [3.8, 4) is 11.3 Å². The molecule has 2 N–H and O–H groups in total. The van der Waals surface area contributed by atoms with E-state index in [2.05, 4.69) is 45.6 Å². The molecule has 0 saturated heterocycles. The van der Waals surface area contributed by atoms with Crippen molar-refractivity contribution in [2.45, 2.75) is 57.9 Å². The maximum Gasteiger partial charge on any atom is 0.225 e. The molecule has 0 radical (unpaired) electrons. The Morgan fingerprint density at radius 2 is 1.70 bits per heavy atom. The minimum Gasteiger partial charge on any atom is -0.346 e. The molecule has 1 atom stereocenters. The van der Waals surface area contributed by atoms with E-state index in [0.29, 0.717) is 40.7 Å². The van der Waals surface area contributed by atoms with Crippen LogP contribution >= 0.6 is 23.2 Å². The van der Waals surface area contributed by atoms with Gasteiger partial charge >= 0.3 is 0 Å². The Morgan fingerprint density at radius 3 is 2.46 bits per heavy atom. The smallest absolute Gasteiger partial charge is 0.225 e. The number of ketones is 1. The number of halogens is 2. The first-order chi connectivity index (χ1) is 17.9. The topological polar surface area (TPSA) is 74.8 Å². The van der Waals surface area contributed by atoms with E-state index < -0.39 is 0 Å². The molecule has 4 rings (SSSR count). The second kappa shape index (κ2) is 12.9. The average molecular weight is 537 g/mol. The minimum absolute atomic E-state index is 0.0816. The van der Waals surface area contributed by atoms with Crippen LogP contribution in [0.4, 0.5) is 0 Å². The largest absolute Gasteiger partial charge is 0.346 e. The van der Waals surface area contributed by atoms with Crippen molar-refractivity contribution in [3.05, 3.63) is 88.3 Å². The van der Waals surface area contributed by atoms with E-state index in [4.69, 9.17) is 23.2 Å². The number of fused-ring (bicyclic) bond motifs is 1. The summed E-state index contributed by atoms with van der Waals surface area (Å²) >= 11 is 12.6. The number of nitrogens with one attached hydrogen (secondary N) is 2. The van der Waals surface area contributed by atoms with E-state index in [9.17, 15) is 9.59 Å². The Kier molecular flexibility index (Phi) is 9.37. The van der Waals surface area contributed by atoms with E-state index in [1.807, 2.05) is 25.3 Å². The van der Waals surface area contributed by atoms with Crippen molar-refractivity contribution in [3.63, 3.8) is 0 Å². The number of hydrogen-bond acceptors (Lipinski definition) is 3. The van der Waals surface area contributed by atoms with E-state index in [0.717, 1.165) is 35.9 Å². The molecule has 1 amide bonds. The summed E-state index contributed by atoms with van der Waals surface area (Å²) < 4.78 is 0. The number of nitrogens with zero attached hydrogens (tertiary/aromatic N) is 1. The Balaban J connectivity index is 1.49. The zero-order valence-electron chi connectivity index (χ0n) is 20.9. The number of Topliss-reactive ketones (excluding diaryl/α,β-unsaturated/α-hetero) is 1. The highest BCUT2D eigenvalue weighted by Crippen LogP contribution is 2.27. The third kappa shape index (κ3) is 7.21. The molecule has 7 heteroatoms. The van der Waals surface area contributed by atoms with Gasteiger partial charge in [0, 0.05) is 28.5 Å². The van der Waals surface area contributed by atoms with E-state index in [-0.39, 0.29) is 24.2 Å². The van der Waals surface area contributed by atoms with Crippen LogP contribution in [-0.4, -0.2) is 21.7 Å². The summed E-state index contributed by atoms with van der Waals surface area (Å²) in [5.74, 6) is 0.809. The number of imidazole rings is 1. The number of benzene rings is 3. The van der Waals surface area contributed by atoms with E-state index >= 15 is 0 Å². The van der Waals surface area contributed by atoms with Gasteiger partial charge in [0.25, 0.3) is 0 Å². The second-order valence-electron chi connectivity index (χ2n) is 9.23. The molecule has 0 spiro atoms. The minimum atomic E-state index is -0.301. The van der Waals surface area contributed by atoms with Crippen LogP contribution in [0.2, 0.25) is 10.0 Å². The molecule has 3 aromatic carbocycles. The fourth-order valence-corrected chi connectivity index (χ4v) is 4.96. The van der Waals surface area contributed by atoms with Crippen molar-refractivity contribution in [1.82, 2.24) is 15.3 Å². The molecule has 0 unspecified atom stereocenters. The zero-order valence-corrected chi connectivity index (χ0v) is 22.4. The van der Waals surface area contributed by atoms with Gasteiger partial charge in [0.2, 0.25) is 5.91 Å². The van der Waals surface area contributed by atoms with Crippen LogP contribution in [0.25, 0.3) is 22.0 Å². The van der Waals surface area contributed by atoms with Gasteiger partial charge in [-0.05, 0) is 47.4 Å². The summed E-state index contributed by atoms with van der Waals surface area (Å²) in [4.78, 5) is 32.7. The lowest BCUT2D eigenvalue weighted by Gasteiger charge is -2.17. The highest BCUT2D eigenvalue weighted by Gasteiger charge is 2.20. The predicted molar refractivity (Wildman–Crippen MR) is 151 cm³/mol. The molecule has 0 aliphatic rings. The van der Waals surface area contributed by atoms with Crippen LogP contribution in [0.1, 0.15) is 62.9 Å². The summed E-state index contributed by atoms with van der Waals surface area (Å²) in [5, 5.41) is 6.39. The molecule has 1 heterocycles. The van der Waals surface area contributed by atoms with E-state index in [1.54, 1.807) is 18.2 Å². The number of unbranched alkanes of at least 4 members (excludes halogenated alkanes) is 2. The number of carbonyl (C=O) groups excluding carboxylic acids is 2. The van der Waals surface area contributed by atoms with Crippen molar-refractivity contribution >= 4 is 45.7 Å². The fourth-order valence-electron chi connectivity index (χ4n) is 4.43. The number of aromatic nitrogens is 2. The molecular formula is C30H31Cl2N3O2. The van der Waals surface area contributed by atoms with Gasteiger partial charge in [-0.1, -0.05) is 85.4 Å². The third-order valence-electron chi connectivity index (χ3n) is 6.56. The summed E-state index contributed by atoms with van der Waals surface area (Å²) in [5.41, 5.74) is 2.53. The van der Waals surface area contributed by atoms with Crippen LogP contribution in [0.3, 0.4) is 0 Å². The molecule has 1 aromatic heterocycles. The molecule has 37 heavy (non-hydrogen) atoms. The number of H-pyrrole nitrogens is 1. The highest BCUT2D eigenvalue weighted by atomic mass is 35.5. The maximum atomic E-state index is 13.0. The van der Waals surface area contributed by atoms with Crippen LogP contribution < -0.4 is 5.32 Å². The van der Waals surface area contributed by atoms with Gasteiger partial charge in [-0.3, -0.25) is 9.59 Å².